The fourth-order valence-electron chi connectivity index (χ4n) is 1.63. The van der Waals surface area contributed by atoms with Gasteiger partial charge in [0.1, 0.15) is 0 Å². The number of aromatic nitrogens is 1. The molecule has 0 bridgehead atoms. The Balaban J connectivity index is 2.43. The van der Waals surface area contributed by atoms with Crippen LogP contribution in [0.1, 0.15) is 23.0 Å². The van der Waals surface area contributed by atoms with E-state index in [2.05, 4.69) is 4.98 Å². The highest BCUT2D eigenvalue weighted by molar-refractivity contribution is 7.13. The van der Waals surface area contributed by atoms with E-state index in [1.165, 1.54) is 17.6 Å². The Labute approximate surface area is 117 Å². The third-order valence-corrected chi connectivity index (χ3v) is 3.36. The van der Waals surface area contributed by atoms with E-state index in [4.69, 9.17) is 4.74 Å². The van der Waals surface area contributed by atoms with Crippen molar-refractivity contribution < 1.29 is 22.7 Å². The fourth-order valence-corrected chi connectivity index (χ4v) is 2.41. The Morgan fingerprint density at radius 2 is 2.15 bits per heavy atom. The maximum atomic E-state index is 12.7. The molecule has 0 saturated carbocycles. The monoisotopic (exact) mass is 301 g/mol. The largest absolute Gasteiger partial charge is 0.461 e. The molecule has 1 heterocycles. The summed E-state index contributed by atoms with van der Waals surface area (Å²) >= 11 is 1.10. The lowest BCUT2D eigenvalue weighted by Crippen LogP contribution is -2.07. The molecule has 0 aliphatic rings. The van der Waals surface area contributed by atoms with Crippen molar-refractivity contribution in [2.75, 3.05) is 6.61 Å². The molecule has 0 N–H and O–H groups in total. The molecular weight excluding hydrogens is 291 g/mol. The normalized spacial score (nSPS) is 11.4. The zero-order valence-electron chi connectivity index (χ0n) is 10.4. The Hall–Kier alpha value is -1.89. The van der Waals surface area contributed by atoms with Gasteiger partial charge in [0.2, 0.25) is 0 Å². The molecule has 1 aromatic carbocycles. The highest BCUT2D eigenvalue weighted by atomic mass is 32.1. The average molecular weight is 301 g/mol. The van der Waals surface area contributed by atoms with E-state index in [1.807, 2.05) is 0 Å². The summed E-state index contributed by atoms with van der Waals surface area (Å²) < 4.78 is 42.9. The number of rotatable bonds is 3. The number of thiazole rings is 1. The Bertz CT molecular complexity index is 622. The van der Waals surface area contributed by atoms with Crippen molar-refractivity contribution >= 4 is 17.3 Å². The van der Waals surface area contributed by atoms with E-state index in [9.17, 15) is 18.0 Å². The van der Waals surface area contributed by atoms with Crippen molar-refractivity contribution in [3.05, 3.63) is 41.0 Å². The van der Waals surface area contributed by atoms with Crippen molar-refractivity contribution in [2.24, 2.45) is 0 Å². The Kier molecular flexibility index (Phi) is 4.08. The van der Waals surface area contributed by atoms with Gasteiger partial charge in [0, 0.05) is 0 Å². The van der Waals surface area contributed by atoms with Gasteiger partial charge in [-0.1, -0.05) is 12.1 Å². The molecule has 20 heavy (non-hydrogen) atoms. The van der Waals surface area contributed by atoms with Gasteiger partial charge in [0.25, 0.3) is 0 Å². The second kappa shape index (κ2) is 5.62. The predicted octanol–water partition coefficient (Wildman–Crippen LogP) is 4.01. The summed E-state index contributed by atoms with van der Waals surface area (Å²) in [6.07, 6.45) is -4.43. The van der Waals surface area contributed by atoms with Crippen LogP contribution in [-0.4, -0.2) is 17.6 Å². The average Bonchev–Trinajstić information content (AvgIpc) is 2.87. The topological polar surface area (TPSA) is 39.2 Å². The molecule has 2 aromatic rings. The van der Waals surface area contributed by atoms with Gasteiger partial charge >= 0.3 is 12.1 Å². The Morgan fingerprint density at radius 1 is 1.40 bits per heavy atom. The number of hydrogen-bond donors (Lipinski definition) is 0. The van der Waals surface area contributed by atoms with Crippen LogP contribution in [0.2, 0.25) is 0 Å². The number of esters is 1. The third-order valence-electron chi connectivity index (χ3n) is 2.49. The maximum absolute atomic E-state index is 12.7. The summed E-state index contributed by atoms with van der Waals surface area (Å²) in [7, 11) is 0. The molecule has 0 aliphatic heterocycles. The van der Waals surface area contributed by atoms with E-state index in [0.29, 0.717) is 10.4 Å². The summed E-state index contributed by atoms with van der Waals surface area (Å²) in [5, 5.41) is 0. The molecule has 7 heteroatoms. The fraction of sp³-hybridized carbons (Fsp3) is 0.231. The number of carbonyl (C=O) groups excluding carboxylic acids is 1. The molecule has 0 aliphatic carbocycles. The first-order valence-electron chi connectivity index (χ1n) is 5.71. The van der Waals surface area contributed by atoms with Gasteiger partial charge in [0.15, 0.2) is 5.69 Å². The molecule has 0 spiro atoms. The number of carbonyl (C=O) groups is 1. The van der Waals surface area contributed by atoms with Crippen LogP contribution in [0.15, 0.2) is 29.8 Å². The molecule has 0 saturated heterocycles. The molecule has 0 radical (unpaired) electrons. The van der Waals surface area contributed by atoms with Crippen molar-refractivity contribution in [1.29, 1.82) is 0 Å². The van der Waals surface area contributed by atoms with Gasteiger partial charge in [-0.25, -0.2) is 9.78 Å². The molecule has 106 valence electrons. The van der Waals surface area contributed by atoms with Gasteiger partial charge in [-0.15, -0.1) is 11.3 Å². The van der Waals surface area contributed by atoms with E-state index >= 15 is 0 Å². The molecule has 0 unspecified atom stereocenters. The standard InChI is InChI=1S/C13H10F3NO2S/c1-2-19-12(18)10-11(20-7-17-10)8-4-3-5-9(6-8)13(14,15)16/h3-7H,2H2,1H3. The van der Waals surface area contributed by atoms with Crippen LogP contribution in [0.4, 0.5) is 13.2 Å². The van der Waals surface area contributed by atoms with Gasteiger partial charge < -0.3 is 4.74 Å². The van der Waals surface area contributed by atoms with Gasteiger partial charge in [0.05, 0.1) is 22.6 Å². The third kappa shape index (κ3) is 2.98. The van der Waals surface area contributed by atoms with Crippen molar-refractivity contribution in [3.8, 4) is 10.4 Å². The van der Waals surface area contributed by atoms with Crippen LogP contribution in [0.25, 0.3) is 10.4 Å². The molecule has 0 atom stereocenters. The van der Waals surface area contributed by atoms with E-state index in [0.717, 1.165) is 23.5 Å². The van der Waals surface area contributed by atoms with Crippen LogP contribution >= 0.6 is 11.3 Å². The summed E-state index contributed by atoms with van der Waals surface area (Å²) in [5.74, 6) is -0.638. The zero-order valence-corrected chi connectivity index (χ0v) is 11.2. The minimum atomic E-state index is -4.43. The molecular formula is C13H10F3NO2S. The quantitative estimate of drug-likeness (QED) is 0.804. The van der Waals surface area contributed by atoms with Crippen molar-refractivity contribution in [1.82, 2.24) is 4.98 Å². The zero-order chi connectivity index (χ0) is 14.8. The second-order valence-corrected chi connectivity index (χ2v) is 4.68. The predicted molar refractivity (Wildman–Crippen MR) is 68.5 cm³/mol. The number of alkyl halides is 3. The maximum Gasteiger partial charge on any atom is 0.416 e. The molecule has 1 aromatic heterocycles. The summed E-state index contributed by atoms with van der Waals surface area (Å²) in [6, 6.07) is 4.78. The van der Waals surface area contributed by atoms with Crippen LogP contribution < -0.4 is 0 Å². The number of hydrogen-bond acceptors (Lipinski definition) is 4. The smallest absolute Gasteiger partial charge is 0.416 e. The van der Waals surface area contributed by atoms with Gasteiger partial charge in [-0.3, -0.25) is 0 Å². The van der Waals surface area contributed by atoms with Crippen molar-refractivity contribution in [3.63, 3.8) is 0 Å². The lowest BCUT2D eigenvalue weighted by Gasteiger charge is -2.08. The number of benzene rings is 1. The highest BCUT2D eigenvalue weighted by Crippen LogP contribution is 2.34. The van der Waals surface area contributed by atoms with E-state index in [-0.39, 0.29) is 12.3 Å². The SMILES string of the molecule is CCOC(=O)c1ncsc1-c1cccc(C(F)(F)F)c1. The number of ether oxygens (including phenoxy) is 1. The van der Waals surface area contributed by atoms with E-state index in [1.54, 1.807) is 6.92 Å². The first kappa shape index (κ1) is 14.5. The first-order chi connectivity index (χ1) is 9.43. The molecule has 0 amide bonds. The van der Waals surface area contributed by atoms with Gasteiger partial charge in [-0.05, 0) is 24.6 Å². The minimum Gasteiger partial charge on any atom is -0.461 e. The van der Waals surface area contributed by atoms with Crippen LogP contribution in [0.3, 0.4) is 0 Å². The van der Waals surface area contributed by atoms with Crippen LogP contribution in [0.5, 0.6) is 0 Å². The summed E-state index contributed by atoms with van der Waals surface area (Å²) in [5.41, 5.74) is 0.974. The molecule has 0 fully saturated rings. The van der Waals surface area contributed by atoms with Crippen molar-refractivity contribution in [2.45, 2.75) is 13.1 Å². The van der Waals surface area contributed by atoms with Crippen LogP contribution in [0, 0.1) is 0 Å². The number of nitrogens with zero attached hydrogens (tertiary/aromatic N) is 1. The summed E-state index contributed by atoms with van der Waals surface area (Å²) in [4.78, 5) is 15.9. The minimum absolute atomic E-state index is 0.0381. The second-order valence-electron chi connectivity index (χ2n) is 3.83. The van der Waals surface area contributed by atoms with Crippen LogP contribution in [-0.2, 0) is 10.9 Å². The van der Waals surface area contributed by atoms with E-state index < -0.39 is 17.7 Å². The number of halogens is 3. The Morgan fingerprint density at radius 3 is 2.80 bits per heavy atom. The first-order valence-corrected chi connectivity index (χ1v) is 6.59. The highest BCUT2D eigenvalue weighted by Gasteiger charge is 2.31. The molecule has 3 nitrogen and oxygen atoms in total. The lowest BCUT2D eigenvalue weighted by atomic mass is 10.1. The van der Waals surface area contributed by atoms with Gasteiger partial charge in [-0.2, -0.15) is 13.2 Å². The molecule has 2 rings (SSSR count). The lowest BCUT2D eigenvalue weighted by molar-refractivity contribution is -0.137. The summed E-state index contributed by atoms with van der Waals surface area (Å²) in [6.45, 7) is 1.83.